The number of hydrogen-bond acceptors (Lipinski definition) is 4. The fraction of sp³-hybridized carbons (Fsp3) is 0.619. The molecule has 6 nitrogen and oxygen atoms in total. The Bertz CT molecular complexity index is 672. The number of nitrogens with zero attached hydrogens (tertiary/aromatic N) is 1. The average Bonchev–Trinajstić information content (AvgIpc) is 3.19. The highest BCUT2D eigenvalue weighted by Gasteiger charge is 2.35. The molecule has 1 aromatic carbocycles. The summed E-state index contributed by atoms with van der Waals surface area (Å²) in [6.45, 7) is 7.34. The van der Waals surface area contributed by atoms with Crippen molar-refractivity contribution in [2.24, 2.45) is 5.92 Å². The fourth-order valence-electron chi connectivity index (χ4n) is 3.78. The number of nitrogens with one attached hydrogen (secondary N) is 1. The molecule has 2 fully saturated rings. The van der Waals surface area contributed by atoms with Crippen LogP contribution in [0.15, 0.2) is 24.3 Å². The third-order valence-corrected chi connectivity index (χ3v) is 5.41. The second-order valence-corrected chi connectivity index (χ2v) is 7.75. The van der Waals surface area contributed by atoms with E-state index in [1.165, 1.54) is 0 Å². The molecule has 148 valence electrons. The zero-order valence-electron chi connectivity index (χ0n) is 16.3. The molecule has 0 spiro atoms. The first kappa shape index (κ1) is 19.8. The van der Waals surface area contributed by atoms with Crippen molar-refractivity contribution in [3.05, 3.63) is 35.4 Å². The largest absolute Gasteiger partial charge is 0.381 e. The van der Waals surface area contributed by atoms with E-state index in [0.717, 1.165) is 30.6 Å². The predicted octanol–water partition coefficient (Wildman–Crippen LogP) is 2.02. The first-order valence-electron chi connectivity index (χ1n) is 9.86. The van der Waals surface area contributed by atoms with Crippen molar-refractivity contribution < 1.29 is 19.1 Å². The van der Waals surface area contributed by atoms with Crippen LogP contribution in [0.5, 0.6) is 0 Å². The van der Waals surface area contributed by atoms with E-state index in [1.54, 1.807) is 0 Å². The number of carbonyl (C=O) groups excluding carboxylic acids is 2. The van der Waals surface area contributed by atoms with Gasteiger partial charge in [-0.05, 0) is 37.3 Å². The van der Waals surface area contributed by atoms with Gasteiger partial charge >= 0.3 is 0 Å². The Hall–Kier alpha value is -1.92. The second kappa shape index (κ2) is 8.85. The lowest BCUT2D eigenvalue weighted by atomic mass is 10.00. The monoisotopic (exact) mass is 374 g/mol. The summed E-state index contributed by atoms with van der Waals surface area (Å²) in [4.78, 5) is 27.0. The van der Waals surface area contributed by atoms with Crippen LogP contribution in [0.25, 0.3) is 0 Å². The lowest BCUT2D eigenvalue weighted by Crippen LogP contribution is -2.57. The summed E-state index contributed by atoms with van der Waals surface area (Å²) in [7, 11) is 0. The molecule has 2 heterocycles. The number of morpholine rings is 1. The molecule has 1 aromatic rings. The third kappa shape index (κ3) is 5.08. The summed E-state index contributed by atoms with van der Waals surface area (Å²) in [6.07, 6.45) is 2.26. The normalized spacial score (nSPS) is 25.4. The maximum Gasteiger partial charge on any atom is 0.254 e. The maximum absolute atomic E-state index is 13.0. The first-order valence-corrected chi connectivity index (χ1v) is 9.86. The minimum atomic E-state index is -0.573. The molecule has 1 unspecified atom stereocenters. The molecular weight excluding hydrogens is 344 g/mol. The molecule has 0 saturated carbocycles. The molecule has 2 atom stereocenters. The minimum absolute atomic E-state index is 0.0232. The van der Waals surface area contributed by atoms with Gasteiger partial charge in [0, 0.05) is 38.3 Å². The molecule has 2 amide bonds. The SMILES string of the molecule is CCc1ccccc1C(=O)N1CCOC(C)(CNC(=O)C[C@H]2CCOC2)C1. The second-order valence-electron chi connectivity index (χ2n) is 7.75. The highest BCUT2D eigenvalue weighted by molar-refractivity contribution is 5.95. The molecule has 0 bridgehead atoms. The molecule has 0 radical (unpaired) electrons. The number of amides is 2. The Morgan fingerprint density at radius 1 is 1.30 bits per heavy atom. The van der Waals surface area contributed by atoms with Crippen LogP contribution in [0.2, 0.25) is 0 Å². The molecule has 0 aromatic heterocycles. The molecule has 3 rings (SSSR count). The van der Waals surface area contributed by atoms with E-state index in [0.29, 0.717) is 45.2 Å². The Morgan fingerprint density at radius 2 is 2.11 bits per heavy atom. The molecule has 27 heavy (non-hydrogen) atoms. The predicted molar refractivity (Wildman–Crippen MR) is 103 cm³/mol. The number of ether oxygens (including phenoxy) is 2. The van der Waals surface area contributed by atoms with Gasteiger partial charge in [0.2, 0.25) is 5.91 Å². The van der Waals surface area contributed by atoms with E-state index >= 15 is 0 Å². The summed E-state index contributed by atoms with van der Waals surface area (Å²) in [5.74, 6) is 0.375. The van der Waals surface area contributed by atoms with E-state index in [4.69, 9.17) is 9.47 Å². The van der Waals surface area contributed by atoms with Gasteiger partial charge in [0.05, 0.1) is 13.2 Å². The van der Waals surface area contributed by atoms with Crippen LogP contribution in [-0.4, -0.2) is 61.8 Å². The standard InChI is InChI=1S/C21H30N2O4/c1-3-17-6-4-5-7-18(17)20(25)23-9-11-27-21(2,15-23)14-22-19(24)12-16-8-10-26-13-16/h4-7,16H,3,8-15H2,1-2H3,(H,22,24)/t16-,21?/m1/s1. The topological polar surface area (TPSA) is 67.9 Å². The van der Waals surface area contributed by atoms with Crippen molar-refractivity contribution in [3.8, 4) is 0 Å². The molecule has 2 saturated heterocycles. The number of hydrogen-bond donors (Lipinski definition) is 1. The van der Waals surface area contributed by atoms with E-state index in [-0.39, 0.29) is 11.8 Å². The summed E-state index contributed by atoms with van der Waals surface area (Å²) in [5, 5.41) is 2.98. The zero-order chi connectivity index (χ0) is 19.3. The van der Waals surface area contributed by atoms with Gasteiger partial charge in [-0.3, -0.25) is 9.59 Å². The van der Waals surface area contributed by atoms with Crippen molar-refractivity contribution in [1.82, 2.24) is 10.2 Å². The Labute approximate surface area is 161 Å². The van der Waals surface area contributed by atoms with E-state index < -0.39 is 5.60 Å². The van der Waals surface area contributed by atoms with E-state index in [1.807, 2.05) is 36.1 Å². The van der Waals surface area contributed by atoms with Gasteiger partial charge in [-0.15, -0.1) is 0 Å². The van der Waals surface area contributed by atoms with Crippen molar-refractivity contribution >= 4 is 11.8 Å². The maximum atomic E-state index is 13.0. The highest BCUT2D eigenvalue weighted by Crippen LogP contribution is 2.21. The number of benzene rings is 1. The number of rotatable bonds is 6. The van der Waals surface area contributed by atoms with Crippen molar-refractivity contribution in [2.75, 3.05) is 39.5 Å². The van der Waals surface area contributed by atoms with Gasteiger partial charge in [0.1, 0.15) is 5.60 Å². The van der Waals surface area contributed by atoms with Crippen LogP contribution in [0, 0.1) is 5.92 Å². The quantitative estimate of drug-likeness (QED) is 0.827. The van der Waals surface area contributed by atoms with Crippen LogP contribution >= 0.6 is 0 Å². The summed E-state index contributed by atoms with van der Waals surface area (Å²) < 4.78 is 11.3. The van der Waals surface area contributed by atoms with Crippen LogP contribution in [0.3, 0.4) is 0 Å². The zero-order valence-corrected chi connectivity index (χ0v) is 16.3. The number of aryl methyl sites for hydroxylation is 1. The van der Waals surface area contributed by atoms with Gasteiger partial charge in [0.25, 0.3) is 5.91 Å². The third-order valence-electron chi connectivity index (χ3n) is 5.41. The van der Waals surface area contributed by atoms with Crippen molar-refractivity contribution in [2.45, 2.75) is 38.7 Å². The van der Waals surface area contributed by atoms with Crippen molar-refractivity contribution in [3.63, 3.8) is 0 Å². The van der Waals surface area contributed by atoms with Crippen LogP contribution < -0.4 is 5.32 Å². The Kier molecular flexibility index (Phi) is 6.50. The molecule has 1 N–H and O–H groups in total. The van der Waals surface area contributed by atoms with Gasteiger partial charge in [-0.25, -0.2) is 0 Å². The summed E-state index contributed by atoms with van der Waals surface area (Å²) >= 11 is 0. The number of carbonyl (C=O) groups is 2. The Morgan fingerprint density at radius 3 is 2.85 bits per heavy atom. The van der Waals surface area contributed by atoms with Crippen molar-refractivity contribution in [1.29, 1.82) is 0 Å². The smallest absolute Gasteiger partial charge is 0.254 e. The summed E-state index contributed by atoms with van der Waals surface area (Å²) in [6, 6.07) is 7.75. The van der Waals surface area contributed by atoms with Gasteiger partial charge < -0.3 is 19.7 Å². The molecule has 2 aliphatic rings. The highest BCUT2D eigenvalue weighted by atomic mass is 16.5. The van der Waals surface area contributed by atoms with Crippen LogP contribution in [0.1, 0.15) is 42.6 Å². The fourth-order valence-corrected chi connectivity index (χ4v) is 3.78. The molecular formula is C21H30N2O4. The summed E-state index contributed by atoms with van der Waals surface area (Å²) in [5.41, 5.74) is 1.24. The first-order chi connectivity index (χ1) is 13.0. The Balaban J connectivity index is 1.57. The lowest BCUT2D eigenvalue weighted by molar-refractivity contribution is -0.126. The minimum Gasteiger partial charge on any atom is -0.381 e. The molecule has 0 aliphatic carbocycles. The van der Waals surface area contributed by atoms with Crippen LogP contribution in [0.4, 0.5) is 0 Å². The van der Waals surface area contributed by atoms with E-state index in [9.17, 15) is 9.59 Å². The van der Waals surface area contributed by atoms with Crippen LogP contribution in [-0.2, 0) is 20.7 Å². The molecule has 2 aliphatic heterocycles. The average molecular weight is 374 g/mol. The molecule has 6 heteroatoms. The van der Waals surface area contributed by atoms with Gasteiger partial charge in [0.15, 0.2) is 0 Å². The van der Waals surface area contributed by atoms with Gasteiger partial charge in [-0.1, -0.05) is 25.1 Å². The van der Waals surface area contributed by atoms with Gasteiger partial charge in [-0.2, -0.15) is 0 Å². The lowest BCUT2D eigenvalue weighted by Gasteiger charge is -2.40. The van der Waals surface area contributed by atoms with E-state index in [2.05, 4.69) is 12.2 Å².